The SMILES string of the molecule is Cc1ccc(C(=O)N2CCC[C@]3(C[C@@H](Oc4ccccn4)CO3)C2)nc1.O=C(O)C(F)(F)F.O=C(O)C(F)(F)F. The normalized spacial score (nSPS) is 20.5. The molecule has 2 aliphatic heterocycles. The molecule has 2 aromatic rings. The number of hydrogen-bond donors (Lipinski definition) is 2. The minimum absolute atomic E-state index is 0.0261. The van der Waals surface area contributed by atoms with Gasteiger partial charge in [-0.15, -0.1) is 0 Å². The second kappa shape index (κ2) is 13.4. The summed E-state index contributed by atoms with van der Waals surface area (Å²) in [6.45, 7) is 3.82. The molecule has 16 heteroatoms. The number of carbonyl (C=O) groups is 3. The molecule has 0 aliphatic carbocycles. The Bertz CT molecular complexity index is 1120. The van der Waals surface area contributed by atoms with Gasteiger partial charge in [0.25, 0.3) is 5.91 Å². The maximum Gasteiger partial charge on any atom is 0.490 e. The van der Waals surface area contributed by atoms with Crippen LogP contribution in [0.15, 0.2) is 42.7 Å². The standard InChI is InChI=1S/C20H23N3O3.2C2HF3O2/c1-15-6-7-17(22-12-15)19(24)23-10-4-8-20(14-23)11-16(13-25-20)26-18-5-2-3-9-21-18;2*3-2(4,5)1(6)7/h2-3,5-7,9,12,16H,4,8,10-11,13-14H2,1H3;2*(H,6,7)/t16-,20+;;/m1../s1. The Morgan fingerprint density at radius 2 is 1.65 bits per heavy atom. The number of aryl methyl sites for hydroxylation is 1. The van der Waals surface area contributed by atoms with E-state index in [0.717, 1.165) is 31.4 Å². The Hall–Kier alpha value is -3.95. The monoisotopic (exact) mass is 581 g/mol. The van der Waals surface area contributed by atoms with Gasteiger partial charge in [0, 0.05) is 31.4 Å². The number of pyridine rings is 2. The Morgan fingerprint density at radius 3 is 2.15 bits per heavy atom. The lowest BCUT2D eigenvalue weighted by Crippen LogP contribution is -2.50. The quantitative estimate of drug-likeness (QED) is 0.517. The number of likely N-dealkylation sites (tertiary alicyclic amines) is 1. The third kappa shape index (κ3) is 9.98. The van der Waals surface area contributed by atoms with Crippen molar-refractivity contribution in [2.24, 2.45) is 0 Å². The van der Waals surface area contributed by atoms with E-state index < -0.39 is 24.3 Å². The number of nitrogens with zero attached hydrogens (tertiary/aromatic N) is 3. The molecule has 10 nitrogen and oxygen atoms in total. The highest BCUT2D eigenvalue weighted by molar-refractivity contribution is 5.92. The first-order chi connectivity index (χ1) is 18.5. The van der Waals surface area contributed by atoms with Gasteiger partial charge in [-0.3, -0.25) is 9.78 Å². The lowest BCUT2D eigenvalue weighted by atomic mass is 9.89. The highest BCUT2D eigenvalue weighted by Gasteiger charge is 2.45. The molecule has 4 heterocycles. The molecule has 0 aromatic carbocycles. The summed E-state index contributed by atoms with van der Waals surface area (Å²) in [5, 5.41) is 14.2. The van der Waals surface area contributed by atoms with Crippen LogP contribution in [0.25, 0.3) is 0 Å². The van der Waals surface area contributed by atoms with Crippen molar-refractivity contribution in [1.29, 1.82) is 0 Å². The molecule has 0 bridgehead atoms. The van der Waals surface area contributed by atoms with Crippen molar-refractivity contribution >= 4 is 17.8 Å². The van der Waals surface area contributed by atoms with Crippen molar-refractivity contribution < 1.29 is 60.4 Å². The van der Waals surface area contributed by atoms with Crippen molar-refractivity contribution in [3.05, 3.63) is 54.0 Å². The number of alkyl halides is 6. The number of piperidine rings is 1. The van der Waals surface area contributed by atoms with E-state index in [-0.39, 0.29) is 17.6 Å². The summed E-state index contributed by atoms with van der Waals surface area (Å²) in [5.74, 6) is -4.92. The zero-order valence-corrected chi connectivity index (χ0v) is 20.9. The zero-order chi connectivity index (χ0) is 30.1. The lowest BCUT2D eigenvalue weighted by Gasteiger charge is -2.39. The predicted molar refractivity (Wildman–Crippen MR) is 123 cm³/mol. The fourth-order valence-electron chi connectivity index (χ4n) is 3.78. The van der Waals surface area contributed by atoms with Crippen LogP contribution >= 0.6 is 0 Å². The van der Waals surface area contributed by atoms with Crippen molar-refractivity contribution in [2.75, 3.05) is 19.7 Å². The van der Waals surface area contributed by atoms with Crippen LogP contribution in [0.2, 0.25) is 0 Å². The summed E-state index contributed by atoms with van der Waals surface area (Å²) in [6.07, 6.45) is -4.10. The molecule has 4 rings (SSSR count). The maximum absolute atomic E-state index is 12.8. The predicted octanol–water partition coefficient (Wildman–Crippen LogP) is 3.89. The van der Waals surface area contributed by atoms with Crippen molar-refractivity contribution in [3.63, 3.8) is 0 Å². The molecular weight excluding hydrogens is 556 g/mol. The number of ether oxygens (including phenoxy) is 2. The minimum atomic E-state index is -5.08. The van der Waals surface area contributed by atoms with Crippen LogP contribution in [0, 0.1) is 6.92 Å². The first-order valence-corrected chi connectivity index (χ1v) is 11.6. The molecule has 0 unspecified atom stereocenters. The van der Waals surface area contributed by atoms with Crippen LogP contribution in [-0.2, 0) is 14.3 Å². The number of amides is 1. The minimum Gasteiger partial charge on any atom is -0.475 e. The number of carboxylic acid groups (broad SMARTS) is 2. The Morgan fingerprint density at radius 1 is 1.02 bits per heavy atom. The van der Waals surface area contributed by atoms with Gasteiger partial charge < -0.3 is 24.6 Å². The molecule has 0 saturated carbocycles. The van der Waals surface area contributed by atoms with Gasteiger partial charge in [-0.2, -0.15) is 26.3 Å². The van der Waals surface area contributed by atoms with E-state index in [1.807, 2.05) is 36.1 Å². The highest BCUT2D eigenvalue weighted by Crippen LogP contribution is 2.36. The van der Waals surface area contributed by atoms with Gasteiger partial charge >= 0.3 is 24.3 Å². The molecule has 40 heavy (non-hydrogen) atoms. The van der Waals surface area contributed by atoms with E-state index in [0.29, 0.717) is 24.7 Å². The van der Waals surface area contributed by atoms with E-state index in [1.54, 1.807) is 18.5 Å². The molecule has 0 radical (unpaired) electrons. The number of rotatable bonds is 3. The van der Waals surface area contributed by atoms with E-state index in [9.17, 15) is 31.1 Å². The van der Waals surface area contributed by atoms with E-state index in [2.05, 4.69) is 9.97 Å². The molecule has 2 atom stereocenters. The molecule has 2 aromatic heterocycles. The average Bonchev–Trinajstić information content (AvgIpc) is 3.25. The van der Waals surface area contributed by atoms with Crippen LogP contribution in [-0.4, -0.2) is 86.7 Å². The van der Waals surface area contributed by atoms with Crippen molar-refractivity contribution in [1.82, 2.24) is 14.9 Å². The number of halogens is 6. The molecular formula is C24H25F6N3O7. The number of aliphatic carboxylic acids is 2. The number of aromatic nitrogens is 2. The van der Waals surface area contributed by atoms with Crippen LogP contribution in [0.4, 0.5) is 26.3 Å². The van der Waals surface area contributed by atoms with Gasteiger partial charge in [-0.05, 0) is 37.5 Å². The van der Waals surface area contributed by atoms with Crippen LogP contribution in [0.1, 0.15) is 35.3 Å². The maximum atomic E-state index is 12.8. The molecule has 2 saturated heterocycles. The second-order valence-corrected chi connectivity index (χ2v) is 8.76. The molecule has 2 N–H and O–H groups in total. The molecule has 2 aliphatic rings. The number of hydrogen-bond acceptors (Lipinski definition) is 7. The van der Waals surface area contributed by atoms with Gasteiger partial charge in [-0.1, -0.05) is 12.1 Å². The zero-order valence-electron chi connectivity index (χ0n) is 20.9. The van der Waals surface area contributed by atoms with E-state index in [4.69, 9.17) is 29.3 Å². The summed E-state index contributed by atoms with van der Waals surface area (Å²) in [4.78, 5) is 40.9. The topological polar surface area (TPSA) is 139 Å². The average molecular weight is 581 g/mol. The number of carboxylic acids is 2. The second-order valence-electron chi connectivity index (χ2n) is 8.76. The Balaban J connectivity index is 0.000000333. The third-order valence-corrected chi connectivity index (χ3v) is 5.54. The first-order valence-electron chi connectivity index (χ1n) is 11.6. The van der Waals surface area contributed by atoms with Crippen LogP contribution < -0.4 is 4.74 Å². The van der Waals surface area contributed by atoms with Crippen LogP contribution in [0.5, 0.6) is 5.88 Å². The number of carbonyl (C=O) groups excluding carboxylic acids is 1. The van der Waals surface area contributed by atoms with Crippen LogP contribution in [0.3, 0.4) is 0 Å². The summed E-state index contributed by atoms with van der Waals surface area (Å²) >= 11 is 0. The van der Waals surface area contributed by atoms with Gasteiger partial charge in [-0.25, -0.2) is 14.6 Å². The van der Waals surface area contributed by atoms with E-state index in [1.165, 1.54) is 0 Å². The fraction of sp³-hybridized carbons (Fsp3) is 0.458. The largest absolute Gasteiger partial charge is 0.490 e. The highest BCUT2D eigenvalue weighted by atomic mass is 19.4. The molecule has 220 valence electrons. The molecule has 1 spiro atoms. The summed E-state index contributed by atoms with van der Waals surface area (Å²) in [6, 6.07) is 9.33. The fourth-order valence-corrected chi connectivity index (χ4v) is 3.78. The summed E-state index contributed by atoms with van der Waals surface area (Å²) < 4.78 is 75.6. The first kappa shape index (κ1) is 32.3. The summed E-state index contributed by atoms with van der Waals surface area (Å²) in [7, 11) is 0. The molecule has 1 amide bonds. The molecule has 2 fully saturated rings. The van der Waals surface area contributed by atoms with Crippen molar-refractivity contribution in [3.8, 4) is 5.88 Å². The Kier molecular flexibility index (Phi) is 10.8. The van der Waals surface area contributed by atoms with Gasteiger partial charge in [0.05, 0.1) is 18.8 Å². The third-order valence-electron chi connectivity index (χ3n) is 5.54. The van der Waals surface area contributed by atoms with Gasteiger partial charge in [0.1, 0.15) is 11.8 Å². The van der Waals surface area contributed by atoms with E-state index >= 15 is 0 Å². The van der Waals surface area contributed by atoms with Crippen molar-refractivity contribution in [2.45, 2.75) is 50.2 Å². The smallest absolute Gasteiger partial charge is 0.475 e. The van der Waals surface area contributed by atoms with Gasteiger partial charge in [0.2, 0.25) is 5.88 Å². The van der Waals surface area contributed by atoms with Gasteiger partial charge in [0.15, 0.2) is 0 Å². The lowest BCUT2D eigenvalue weighted by molar-refractivity contribution is -0.193. The Labute approximate surface area is 223 Å². The summed E-state index contributed by atoms with van der Waals surface area (Å²) in [5.41, 5.74) is 1.22.